The molecule has 3 heteroatoms. The number of aryl methyl sites for hydroxylation is 1. The molecule has 2 nitrogen and oxygen atoms in total. The topological polar surface area (TPSA) is 25.2 Å². The summed E-state index contributed by atoms with van der Waals surface area (Å²) in [4.78, 5) is 9.56. The summed E-state index contributed by atoms with van der Waals surface area (Å²) < 4.78 is 14.0. The first-order chi connectivity index (χ1) is 12.2. The first kappa shape index (κ1) is 16.9. The SMILES string of the molecule is Cc1ccnc2ccc(C3=NC(C)(C)C(C)(C)c4cc(F)ccc43)cc12. The van der Waals surface area contributed by atoms with Crippen molar-refractivity contribution in [3.8, 4) is 0 Å². The Morgan fingerprint density at radius 2 is 1.69 bits per heavy atom. The third kappa shape index (κ3) is 2.38. The van der Waals surface area contributed by atoms with Crippen molar-refractivity contribution in [2.24, 2.45) is 4.99 Å². The van der Waals surface area contributed by atoms with Gasteiger partial charge in [-0.2, -0.15) is 0 Å². The molecule has 0 unspecified atom stereocenters. The number of benzene rings is 2. The Labute approximate surface area is 153 Å². The minimum absolute atomic E-state index is 0.201. The Bertz CT molecular complexity index is 1060. The molecule has 0 amide bonds. The summed E-state index contributed by atoms with van der Waals surface area (Å²) in [5.41, 5.74) is 5.55. The van der Waals surface area contributed by atoms with Crippen LogP contribution in [0.3, 0.4) is 0 Å². The minimum atomic E-state index is -0.345. The number of aliphatic imine (C=N–C) groups is 1. The normalized spacial score (nSPS) is 17.7. The molecule has 2 heterocycles. The van der Waals surface area contributed by atoms with E-state index in [0.717, 1.165) is 33.3 Å². The maximum absolute atomic E-state index is 14.0. The highest BCUT2D eigenvalue weighted by Gasteiger charge is 2.44. The van der Waals surface area contributed by atoms with Crippen molar-refractivity contribution >= 4 is 16.6 Å². The van der Waals surface area contributed by atoms with E-state index in [0.29, 0.717) is 0 Å². The van der Waals surface area contributed by atoms with Crippen molar-refractivity contribution in [3.63, 3.8) is 0 Å². The highest BCUT2D eigenvalue weighted by Crippen LogP contribution is 2.44. The van der Waals surface area contributed by atoms with E-state index in [2.05, 4.69) is 51.7 Å². The predicted octanol–water partition coefficient (Wildman–Crippen LogP) is 5.59. The summed E-state index contributed by atoms with van der Waals surface area (Å²) in [7, 11) is 0. The smallest absolute Gasteiger partial charge is 0.123 e. The van der Waals surface area contributed by atoms with Gasteiger partial charge >= 0.3 is 0 Å². The van der Waals surface area contributed by atoms with E-state index in [9.17, 15) is 4.39 Å². The van der Waals surface area contributed by atoms with Gasteiger partial charge in [0.25, 0.3) is 0 Å². The molecule has 1 aromatic heterocycles. The molecule has 1 aliphatic heterocycles. The summed E-state index contributed by atoms with van der Waals surface area (Å²) in [5, 5.41) is 1.12. The molecule has 3 aromatic rings. The first-order valence-corrected chi connectivity index (χ1v) is 8.97. The van der Waals surface area contributed by atoms with Crippen molar-refractivity contribution in [3.05, 3.63) is 76.7 Å². The number of halogens is 1. The average Bonchev–Trinajstić information content (AvgIpc) is 2.59. The summed E-state index contributed by atoms with van der Waals surface area (Å²) in [6.07, 6.45) is 1.83. The Morgan fingerprint density at radius 3 is 2.46 bits per heavy atom. The number of nitrogens with zero attached hydrogens (tertiary/aromatic N) is 2. The molecule has 0 spiro atoms. The molecule has 2 aromatic carbocycles. The summed E-state index contributed by atoms with van der Waals surface area (Å²) in [6.45, 7) is 10.6. The van der Waals surface area contributed by atoms with Gasteiger partial charge in [0, 0.05) is 28.1 Å². The monoisotopic (exact) mass is 346 g/mol. The lowest BCUT2D eigenvalue weighted by Gasteiger charge is -2.44. The second-order valence-electron chi connectivity index (χ2n) is 8.19. The van der Waals surface area contributed by atoms with Gasteiger partial charge in [-0.3, -0.25) is 9.98 Å². The standard InChI is InChI=1S/C23H23FN2/c1-14-10-11-25-20-9-6-15(12-18(14)20)21-17-8-7-16(24)13-19(17)22(2,3)23(4,5)26-21/h6-13H,1-5H3. The quantitative estimate of drug-likeness (QED) is 0.564. The van der Waals surface area contributed by atoms with E-state index >= 15 is 0 Å². The molecule has 4 rings (SSSR count). The summed E-state index contributed by atoms with van der Waals surface area (Å²) in [6, 6.07) is 13.3. The molecule has 132 valence electrons. The van der Waals surface area contributed by atoms with E-state index in [-0.39, 0.29) is 16.8 Å². The fraction of sp³-hybridized carbons (Fsp3) is 0.304. The number of aromatic nitrogens is 1. The predicted molar refractivity (Wildman–Crippen MR) is 106 cm³/mol. The average molecular weight is 346 g/mol. The number of rotatable bonds is 1. The van der Waals surface area contributed by atoms with Gasteiger partial charge in [0.2, 0.25) is 0 Å². The Morgan fingerprint density at radius 1 is 0.923 bits per heavy atom. The first-order valence-electron chi connectivity index (χ1n) is 8.97. The Hall–Kier alpha value is -2.55. The fourth-order valence-corrected chi connectivity index (χ4v) is 3.70. The molecule has 0 fully saturated rings. The van der Waals surface area contributed by atoms with E-state index < -0.39 is 0 Å². The Kier molecular flexibility index (Phi) is 3.56. The van der Waals surface area contributed by atoms with Crippen LogP contribution in [0.5, 0.6) is 0 Å². The number of hydrogen-bond acceptors (Lipinski definition) is 2. The summed E-state index contributed by atoms with van der Waals surface area (Å²) >= 11 is 0. The van der Waals surface area contributed by atoms with Crippen LogP contribution in [0.15, 0.2) is 53.7 Å². The van der Waals surface area contributed by atoms with E-state index in [1.54, 1.807) is 6.07 Å². The highest BCUT2D eigenvalue weighted by molar-refractivity contribution is 6.16. The van der Waals surface area contributed by atoms with E-state index in [4.69, 9.17) is 4.99 Å². The van der Waals surface area contributed by atoms with Gasteiger partial charge in [-0.25, -0.2) is 4.39 Å². The molecule has 1 aliphatic rings. The second kappa shape index (κ2) is 5.47. The number of fused-ring (bicyclic) bond motifs is 2. The fourth-order valence-electron chi connectivity index (χ4n) is 3.70. The minimum Gasteiger partial charge on any atom is -0.277 e. The lowest BCUT2D eigenvalue weighted by atomic mass is 9.65. The molecule has 0 saturated heterocycles. The van der Waals surface area contributed by atoms with Crippen LogP contribution >= 0.6 is 0 Å². The zero-order valence-corrected chi connectivity index (χ0v) is 15.9. The second-order valence-corrected chi connectivity index (χ2v) is 8.19. The maximum atomic E-state index is 14.0. The molecule has 0 N–H and O–H groups in total. The molecule has 26 heavy (non-hydrogen) atoms. The molecular formula is C23H23FN2. The van der Waals surface area contributed by atoms with Gasteiger partial charge in [-0.1, -0.05) is 19.9 Å². The number of pyridine rings is 1. The van der Waals surface area contributed by atoms with Crippen molar-refractivity contribution in [2.45, 2.75) is 45.6 Å². The van der Waals surface area contributed by atoms with Gasteiger partial charge in [-0.05, 0) is 68.3 Å². The largest absolute Gasteiger partial charge is 0.277 e. The van der Waals surface area contributed by atoms with Gasteiger partial charge in [0.05, 0.1) is 16.8 Å². The van der Waals surface area contributed by atoms with Gasteiger partial charge in [0.15, 0.2) is 0 Å². The Balaban J connectivity index is 2.00. The number of hydrogen-bond donors (Lipinski definition) is 0. The van der Waals surface area contributed by atoms with Crippen molar-refractivity contribution < 1.29 is 4.39 Å². The van der Waals surface area contributed by atoms with E-state index in [1.807, 2.05) is 24.4 Å². The zero-order chi connectivity index (χ0) is 18.7. The van der Waals surface area contributed by atoms with Crippen molar-refractivity contribution in [1.82, 2.24) is 4.98 Å². The maximum Gasteiger partial charge on any atom is 0.123 e. The van der Waals surface area contributed by atoms with Crippen molar-refractivity contribution in [2.75, 3.05) is 0 Å². The summed E-state index contributed by atoms with van der Waals surface area (Å²) in [5.74, 6) is -0.201. The molecule has 0 aliphatic carbocycles. The van der Waals surface area contributed by atoms with Crippen LogP contribution in [0.4, 0.5) is 4.39 Å². The van der Waals surface area contributed by atoms with E-state index in [1.165, 1.54) is 11.6 Å². The van der Waals surface area contributed by atoms with Gasteiger partial charge < -0.3 is 0 Å². The zero-order valence-electron chi connectivity index (χ0n) is 15.9. The van der Waals surface area contributed by atoms with Crippen LogP contribution in [0, 0.1) is 12.7 Å². The molecule has 0 saturated carbocycles. The van der Waals surface area contributed by atoms with Crippen LogP contribution in [0.1, 0.15) is 49.9 Å². The molecule has 0 bridgehead atoms. The van der Waals surface area contributed by atoms with Crippen LogP contribution in [0.25, 0.3) is 10.9 Å². The third-order valence-electron chi connectivity index (χ3n) is 6.06. The van der Waals surface area contributed by atoms with Crippen LogP contribution in [-0.4, -0.2) is 16.2 Å². The third-order valence-corrected chi connectivity index (χ3v) is 6.06. The lowest BCUT2D eigenvalue weighted by Crippen LogP contribution is -2.46. The molecule has 0 radical (unpaired) electrons. The van der Waals surface area contributed by atoms with Gasteiger partial charge in [0.1, 0.15) is 5.82 Å². The highest BCUT2D eigenvalue weighted by atomic mass is 19.1. The van der Waals surface area contributed by atoms with Crippen LogP contribution in [0.2, 0.25) is 0 Å². The van der Waals surface area contributed by atoms with Gasteiger partial charge in [-0.15, -0.1) is 0 Å². The lowest BCUT2D eigenvalue weighted by molar-refractivity contribution is 0.302. The molecule has 0 atom stereocenters. The van der Waals surface area contributed by atoms with Crippen molar-refractivity contribution in [1.29, 1.82) is 0 Å². The molecular weight excluding hydrogens is 323 g/mol. The van der Waals surface area contributed by atoms with Crippen LogP contribution < -0.4 is 0 Å². The van der Waals surface area contributed by atoms with Crippen LogP contribution in [-0.2, 0) is 5.41 Å².